The summed E-state index contributed by atoms with van der Waals surface area (Å²) in [7, 11) is -3.11. The SMILES string of the molecule is CCNC(=NCCCN(CC)S(C)(=O)=O)NCCN1CCCCC1CC. The van der Waals surface area contributed by atoms with Crippen molar-refractivity contribution in [3.63, 3.8) is 0 Å². The molecular formula is C18H39N5O2S. The van der Waals surface area contributed by atoms with Crippen LogP contribution in [-0.2, 0) is 10.0 Å². The number of sulfonamides is 1. The normalized spacial score (nSPS) is 19.7. The Morgan fingerprint density at radius 3 is 2.62 bits per heavy atom. The molecule has 1 rings (SSSR count). The van der Waals surface area contributed by atoms with Crippen LogP contribution in [0.3, 0.4) is 0 Å². The van der Waals surface area contributed by atoms with E-state index in [1.54, 1.807) is 0 Å². The largest absolute Gasteiger partial charge is 0.357 e. The molecular weight excluding hydrogens is 350 g/mol. The maximum absolute atomic E-state index is 11.6. The molecule has 8 heteroatoms. The number of guanidine groups is 1. The molecule has 0 aliphatic carbocycles. The average molecular weight is 390 g/mol. The third-order valence-corrected chi connectivity index (χ3v) is 6.29. The number of rotatable bonds is 11. The van der Waals surface area contributed by atoms with E-state index in [-0.39, 0.29) is 0 Å². The van der Waals surface area contributed by atoms with Crippen LogP contribution in [0.25, 0.3) is 0 Å². The number of piperidine rings is 1. The lowest BCUT2D eigenvalue weighted by molar-refractivity contribution is 0.147. The van der Waals surface area contributed by atoms with E-state index >= 15 is 0 Å². The van der Waals surface area contributed by atoms with Crippen LogP contribution < -0.4 is 10.6 Å². The standard InChI is InChI=1S/C18H39N5O2S/c1-5-17-11-8-9-14-22(17)16-13-21-18(19-6-2)20-12-10-15-23(7-3)26(4,24)25/h17H,5-16H2,1-4H3,(H2,19,20,21). The highest BCUT2D eigenvalue weighted by Gasteiger charge is 2.20. The number of nitrogens with one attached hydrogen (secondary N) is 2. The molecule has 2 N–H and O–H groups in total. The van der Waals surface area contributed by atoms with Gasteiger partial charge in [0.25, 0.3) is 0 Å². The van der Waals surface area contributed by atoms with Crippen LogP contribution in [0.4, 0.5) is 0 Å². The van der Waals surface area contributed by atoms with E-state index in [2.05, 4.69) is 34.4 Å². The third kappa shape index (κ3) is 8.68. The number of nitrogens with zero attached hydrogens (tertiary/aromatic N) is 3. The van der Waals surface area contributed by atoms with Gasteiger partial charge in [-0.2, -0.15) is 0 Å². The van der Waals surface area contributed by atoms with Gasteiger partial charge in [-0.25, -0.2) is 12.7 Å². The zero-order valence-electron chi connectivity index (χ0n) is 17.1. The smallest absolute Gasteiger partial charge is 0.211 e. The molecule has 0 bridgehead atoms. The Morgan fingerprint density at radius 1 is 1.23 bits per heavy atom. The summed E-state index contributed by atoms with van der Waals surface area (Å²) in [5, 5.41) is 6.68. The van der Waals surface area contributed by atoms with E-state index < -0.39 is 10.0 Å². The lowest BCUT2D eigenvalue weighted by Crippen LogP contribution is -2.46. The molecule has 1 fully saturated rings. The maximum atomic E-state index is 11.6. The highest BCUT2D eigenvalue weighted by atomic mass is 32.2. The third-order valence-electron chi connectivity index (χ3n) is 4.91. The van der Waals surface area contributed by atoms with Crippen molar-refractivity contribution in [2.75, 3.05) is 52.1 Å². The summed E-state index contributed by atoms with van der Waals surface area (Å²) in [6.45, 7) is 11.8. The van der Waals surface area contributed by atoms with Crippen molar-refractivity contribution in [2.45, 2.75) is 58.9 Å². The van der Waals surface area contributed by atoms with Gasteiger partial charge in [-0.05, 0) is 39.2 Å². The van der Waals surface area contributed by atoms with E-state index in [9.17, 15) is 8.42 Å². The van der Waals surface area contributed by atoms with Crippen molar-refractivity contribution in [2.24, 2.45) is 4.99 Å². The van der Waals surface area contributed by atoms with Gasteiger partial charge in [0.1, 0.15) is 0 Å². The molecule has 7 nitrogen and oxygen atoms in total. The lowest BCUT2D eigenvalue weighted by atomic mass is 10.0. The Bertz CT molecular complexity index is 510. The first kappa shape index (κ1) is 23.2. The molecule has 0 spiro atoms. The van der Waals surface area contributed by atoms with Gasteiger partial charge in [0, 0.05) is 45.3 Å². The topological polar surface area (TPSA) is 77.0 Å². The van der Waals surface area contributed by atoms with Crippen molar-refractivity contribution in [1.82, 2.24) is 19.8 Å². The van der Waals surface area contributed by atoms with Crippen molar-refractivity contribution < 1.29 is 8.42 Å². The Morgan fingerprint density at radius 2 is 2.00 bits per heavy atom. The summed E-state index contributed by atoms with van der Waals surface area (Å²) in [4.78, 5) is 7.17. The molecule has 154 valence electrons. The fraction of sp³-hybridized carbons (Fsp3) is 0.944. The van der Waals surface area contributed by atoms with Crippen molar-refractivity contribution >= 4 is 16.0 Å². The Hall–Kier alpha value is -0.860. The zero-order valence-corrected chi connectivity index (χ0v) is 17.9. The van der Waals surface area contributed by atoms with Crippen molar-refractivity contribution in [3.8, 4) is 0 Å². The van der Waals surface area contributed by atoms with Crippen LogP contribution in [0.2, 0.25) is 0 Å². The van der Waals surface area contributed by atoms with Gasteiger partial charge >= 0.3 is 0 Å². The first-order chi connectivity index (χ1) is 12.4. The van der Waals surface area contributed by atoms with Gasteiger partial charge in [0.05, 0.1) is 6.26 Å². The summed E-state index contributed by atoms with van der Waals surface area (Å²) in [6.07, 6.45) is 7.19. The minimum absolute atomic E-state index is 0.509. The Balaban J connectivity index is 2.38. The molecule has 1 aliphatic heterocycles. The Kier molecular flexibility index (Phi) is 11.2. The van der Waals surface area contributed by atoms with Gasteiger partial charge < -0.3 is 10.6 Å². The lowest BCUT2D eigenvalue weighted by Gasteiger charge is -2.35. The summed E-state index contributed by atoms with van der Waals surface area (Å²) in [6, 6.07) is 0.723. The van der Waals surface area contributed by atoms with E-state index in [0.29, 0.717) is 19.6 Å². The summed E-state index contributed by atoms with van der Waals surface area (Å²) in [5.74, 6) is 0.819. The maximum Gasteiger partial charge on any atom is 0.211 e. The van der Waals surface area contributed by atoms with E-state index in [1.807, 2.05) is 6.92 Å². The number of hydrogen-bond acceptors (Lipinski definition) is 4. The highest BCUT2D eigenvalue weighted by molar-refractivity contribution is 7.88. The van der Waals surface area contributed by atoms with Gasteiger partial charge in [0.15, 0.2) is 5.96 Å². The minimum Gasteiger partial charge on any atom is -0.357 e. The predicted molar refractivity (Wildman–Crippen MR) is 110 cm³/mol. The van der Waals surface area contributed by atoms with E-state index in [1.165, 1.54) is 42.8 Å². The number of likely N-dealkylation sites (tertiary alicyclic amines) is 1. The van der Waals surface area contributed by atoms with Gasteiger partial charge in [0.2, 0.25) is 10.0 Å². The highest BCUT2D eigenvalue weighted by Crippen LogP contribution is 2.18. The second-order valence-electron chi connectivity index (χ2n) is 6.89. The molecule has 0 amide bonds. The van der Waals surface area contributed by atoms with E-state index in [0.717, 1.165) is 38.1 Å². The molecule has 1 aliphatic rings. The second-order valence-corrected chi connectivity index (χ2v) is 8.87. The molecule has 26 heavy (non-hydrogen) atoms. The predicted octanol–water partition coefficient (Wildman–Crippen LogP) is 1.48. The van der Waals surface area contributed by atoms with Crippen LogP contribution >= 0.6 is 0 Å². The van der Waals surface area contributed by atoms with Crippen LogP contribution in [0, 0.1) is 0 Å². The Labute approximate surface area is 160 Å². The summed E-state index contributed by atoms with van der Waals surface area (Å²) in [5.41, 5.74) is 0. The first-order valence-electron chi connectivity index (χ1n) is 10.1. The van der Waals surface area contributed by atoms with Crippen LogP contribution in [0.1, 0.15) is 52.9 Å². The molecule has 0 aromatic carbocycles. The molecule has 0 aromatic heterocycles. The number of hydrogen-bond donors (Lipinski definition) is 2. The van der Waals surface area contributed by atoms with Gasteiger partial charge in [-0.3, -0.25) is 9.89 Å². The quantitative estimate of drug-likeness (QED) is 0.318. The van der Waals surface area contributed by atoms with E-state index in [4.69, 9.17) is 0 Å². The summed E-state index contributed by atoms with van der Waals surface area (Å²) < 4.78 is 24.7. The van der Waals surface area contributed by atoms with Gasteiger partial charge in [-0.1, -0.05) is 20.3 Å². The molecule has 1 unspecified atom stereocenters. The molecule has 0 aromatic rings. The van der Waals surface area contributed by atoms with Crippen LogP contribution in [-0.4, -0.2) is 81.7 Å². The molecule has 0 saturated carbocycles. The van der Waals surface area contributed by atoms with Crippen LogP contribution in [0.15, 0.2) is 4.99 Å². The minimum atomic E-state index is -3.11. The fourth-order valence-electron chi connectivity index (χ4n) is 3.47. The number of aliphatic imine (C=N–C) groups is 1. The molecule has 1 heterocycles. The zero-order chi connectivity index (χ0) is 19.4. The summed E-state index contributed by atoms with van der Waals surface area (Å²) >= 11 is 0. The fourth-order valence-corrected chi connectivity index (χ4v) is 4.40. The van der Waals surface area contributed by atoms with Crippen LogP contribution in [0.5, 0.6) is 0 Å². The van der Waals surface area contributed by atoms with Gasteiger partial charge in [-0.15, -0.1) is 0 Å². The molecule has 0 radical (unpaired) electrons. The second kappa shape index (κ2) is 12.5. The first-order valence-corrected chi connectivity index (χ1v) is 12.0. The molecule has 1 saturated heterocycles. The van der Waals surface area contributed by atoms with Crippen molar-refractivity contribution in [1.29, 1.82) is 0 Å². The molecule has 1 atom stereocenters. The monoisotopic (exact) mass is 389 g/mol. The average Bonchev–Trinajstić information content (AvgIpc) is 2.60. The van der Waals surface area contributed by atoms with Crippen molar-refractivity contribution in [3.05, 3.63) is 0 Å².